The second-order valence-corrected chi connectivity index (χ2v) is 18.3. The van der Waals surface area contributed by atoms with Gasteiger partial charge in [0.05, 0.1) is 9.79 Å². The van der Waals surface area contributed by atoms with Crippen LogP contribution in [0.25, 0.3) is 0 Å². The highest BCUT2D eigenvalue weighted by molar-refractivity contribution is 7.86. The maximum Gasteiger partial charge on any atom is 0.294 e. The third-order valence-electron chi connectivity index (χ3n) is 10.6. The van der Waals surface area contributed by atoms with Gasteiger partial charge in [-0.05, 0) is 48.9 Å². The molecule has 2 rings (SSSR count). The molecular weight excluding hydrogens is 713 g/mol. The summed E-state index contributed by atoms with van der Waals surface area (Å²) >= 11 is 0. The summed E-state index contributed by atoms with van der Waals surface area (Å²) in [4.78, 5) is 0.130. The Kier molecular flexibility index (Phi) is 31.1. The van der Waals surface area contributed by atoms with Crippen molar-refractivity contribution in [2.45, 2.75) is 229 Å². The molecule has 0 aliphatic carbocycles. The molecule has 2 aromatic carbocycles. The summed E-state index contributed by atoms with van der Waals surface area (Å²) in [6.07, 6.45) is 41.1. The summed E-state index contributed by atoms with van der Waals surface area (Å²) in [5.74, 6) is 0. The average molecular weight is 793 g/mol. The van der Waals surface area contributed by atoms with Crippen molar-refractivity contribution in [2.24, 2.45) is 0 Å². The molecule has 0 unspecified atom stereocenters. The summed E-state index contributed by atoms with van der Waals surface area (Å²) in [5, 5.41) is 0. The molecule has 0 saturated heterocycles. The first-order chi connectivity index (χ1) is 26.1. The Morgan fingerprint density at radius 1 is 0.333 bits per heavy atom. The van der Waals surface area contributed by atoms with Crippen LogP contribution in [-0.4, -0.2) is 25.9 Å². The van der Waals surface area contributed by atoms with E-state index in [1.807, 2.05) is 12.1 Å². The minimum Gasteiger partial charge on any atom is -0.282 e. The zero-order valence-electron chi connectivity index (χ0n) is 34.6. The Hall–Kier alpha value is -1.74. The van der Waals surface area contributed by atoms with E-state index in [4.69, 9.17) is 0 Å². The van der Waals surface area contributed by atoms with Gasteiger partial charge in [0, 0.05) is 0 Å². The minimum absolute atomic E-state index is 0.0645. The van der Waals surface area contributed by atoms with E-state index in [9.17, 15) is 25.9 Å². The van der Waals surface area contributed by atoms with Crippen molar-refractivity contribution < 1.29 is 25.9 Å². The SMILES string of the molecule is CCCCCCCCCCCCCCCCCCc1ccccc1S(=O)(=O)O.CCCCCCCCCCCCCCCCc1ccccc1S(=O)(=O)O. The number of unbranched alkanes of at least 4 members (excludes halogenated alkanes) is 28. The molecule has 312 valence electrons. The van der Waals surface area contributed by atoms with Crippen LogP contribution in [0.1, 0.15) is 218 Å². The molecule has 8 heteroatoms. The summed E-state index contributed by atoms with van der Waals surface area (Å²) in [7, 11) is -8.21. The first-order valence-corrected chi connectivity index (χ1v) is 25.1. The lowest BCUT2D eigenvalue weighted by Crippen LogP contribution is -2.03. The first kappa shape index (κ1) is 50.3. The highest BCUT2D eigenvalue weighted by atomic mass is 32.2. The van der Waals surface area contributed by atoms with Gasteiger partial charge < -0.3 is 0 Å². The van der Waals surface area contributed by atoms with Gasteiger partial charge in [-0.1, -0.05) is 230 Å². The molecule has 0 saturated carbocycles. The van der Waals surface area contributed by atoms with E-state index in [1.165, 1.54) is 179 Å². The normalized spacial score (nSPS) is 11.8. The van der Waals surface area contributed by atoms with Gasteiger partial charge >= 0.3 is 0 Å². The van der Waals surface area contributed by atoms with Gasteiger partial charge in [-0.25, -0.2) is 0 Å². The third kappa shape index (κ3) is 27.8. The summed E-state index contributed by atoms with van der Waals surface area (Å²) in [6.45, 7) is 4.53. The maximum atomic E-state index is 11.4. The van der Waals surface area contributed by atoms with Crippen molar-refractivity contribution in [2.75, 3.05) is 0 Å². The molecule has 0 bridgehead atoms. The molecule has 2 N–H and O–H groups in total. The molecule has 0 fully saturated rings. The summed E-state index contributed by atoms with van der Waals surface area (Å²) in [6, 6.07) is 13.5. The molecular formula is C46H80O6S2. The number of rotatable bonds is 34. The van der Waals surface area contributed by atoms with Crippen molar-refractivity contribution in [3.8, 4) is 0 Å². The van der Waals surface area contributed by atoms with Crippen LogP contribution in [0.3, 0.4) is 0 Å². The van der Waals surface area contributed by atoms with Crippen molar-refractivity contribution in [1.82, 2.24) is 0 Å². The predicted molar refractivity (Wildman–Crippen MR) is 230 cm³/mol. The van der Waals surface area contributed by atoms with Crippen LogP contribution in [-0.2, 0) is 33.1 Å². The highest BCUT2D eigenvalue weighted by Gasteiger charge is 2.15. The van der Waals surface area contributed by atoms with Crippen LogP contribution in [0.4, 0.5) is 0 Å². The van der Waals surface area contributed by atoms with E-state index >= 15 is 0 Å². The van der Waals surface area contributed by atoms with Gasteiger partial charge in [0.25, 0.3) is 20.2 Å². The fourth-order valence-corrected chi connectivity index (χ4v) is 8.80. The second kappa shape index (κ2) is 33.4. The van der Waals surface area contributed by atoms with E-state index in [1.54, 1.807) is 24.3 Å². The monoisotopic (exact) mass is 793 g/mol. The first-order valence-electron chi connectivity index (χ1n) is 22.2. The van der Waals surface area contributed by atoms with Crippen molar-refractivity contribution in [3.05, 3.63) is 59.7 Å². The quantitative estimate of drug-likeness (QED) is 0.0539. The average Bonchev–Trinajstić information content (AvgIpc) is 3.14. The molecule has 54 heavy (non-hydrogen) atoms. The van der Waals surface area contributed by atoms with Crippen LogP contribution < -0.4 is 0 Å². The molecule has 0 amide bonds. The molecule has 6 nitrogen and oxygen atoms in total. The minimum atomic E-state index is -4.11. The van der Waals surface area contributed by atoms with Crippen molar-refractivity contribution >= 4 is 20.2 Å². The standard InChI is InChI=1S/C24H42O3S.C22H38O3S/c1-2-3-4-5-6-7-8-9-10-11-12-13-14-15-16-17-20-23-21-18-19-22-24(23)28(25,26)27;1-2-3-4-5-6-7-8-9-10-11-12-13-14-15-18-21-19-16-17-20-22(21)26(23,24)25/h18-19,21-22H,2-17,20H2,1H3,(H,25,26,27);16-17,19-20H,2-15,18H2,1H3,(H,23,24,25). The molecule has 0 spiro atoms. The third-order valence-corrected chi connectivity index (χ3v) is 12.5. The number of benzene rings is 2. The Morgan fingerprint density at radius 3 is 0.759 bits per heavy atom. The van der Waals surface area contributed by atoms with E-state index < -0.39 is 20.2 Å². The highest BCUT2D eigenvalue weighted by Crippen LogP contribution is 2.21. The number of aryl methyl sites for hydroxylation is 2. The van der Waals surface area contributed by atoms with E-state index in [-0.39, 0.29) is 9.79 Å². The summed E-state index contributed by atoms with van der Waals surface area (Å²) < 4.78 is 64.0. The van der Waals surface area contributed by atoms with Crippen LogP contribution in [0.5, 0.6) is 0 Å². The molecule has 0 atom stereocenters. The van der Waals surface area contributed by atoms with Gasteiger partial charge in [-0.15, -0.1) is 0 Å². The van der Waals surface area contributed by atoms with Gasteiger partial charge in [-0.2, -0.15) is 16.8 Å². The van der Waals surface area contributed by atoms with E-state index in [0.29, 0.717) is 12.8 Å². The Balaban J connectivity index is 0.000000541. The van der Waals surface area contributed by atoms with Crippen molar-refractivity contribution in [3.63, 3.8) is 0 Å². The van der Waals surface area contributed by atoms with E-state index in [2.05, 4.69) is 13.8 Å². The predicted octanol–water partition coefficient (Wildman–Crippen LogP) is 14.7. The molecule has 0 aliphatic rings. The largest absolute Gasteiger partial charge is 0.294 e. The Labute approximate surface area is 333 Å². The lowest BCUT2D eigenvalue weighted by molar-refractivity contribution is 0.479. The van der Waals surface area contributed by atoms with Gasteiger partial charge in [0.1, 0.15) is 0 Å². The molecule has 0 aromatic heterocycles. The zero-order valence-corrected chi connectivity index (χ0v) is 36.2. The van der Waals surface area contributed by atoms with Crippen LogP contribution >= 0.6 is 0 Å². The number of hydrogen-bond donors (Lipinski definition) is 2. The topological polar surface area (TPSA) is 109 Å². The fourth-order valence-electron chi connectivity index (χ4n) is 7.30. The van der Waals surface area contributed by atoms with E-state index in [0.717, 1.165) is 36.8 Å². The Morgan fingerprint density at radius 2 is 0.537 bits per heavy atom. The lowest BCUT2D eigenvalue weighted by Gasteiger charge is -2.07. The maximum absolute atomic E-state index is 11.4. The van der Waals surface area contributed by atoms with Gasteiger partial charge in [-0.3, -0.25) is 9.11 Å². The van der Waals surface area contributed by atoms with Crippen molar-refractivity contribution in [1.29, 1.82) is 0 Å². The molecule has 0 aliphatic heterocycles. The molecule has 0 heterocycles. The second-order valence-electron chi connectivity index (χ2n) is 15.6. The Bertz CT molecular complexity index is 1370. The smallest absolute Gasteiger partial charge is 0.282 e. The molecule has 0 radical (unpaired) electrons. The van der Waals surface area contributed by atoms with Crippen LogP contribution in [0.15, 0.2) is 58.3 Å². The number of hydrogen-bond acceptors (Lipinski definition) is 4. The van der Waals surface area contributed by atoms with Crippen LogP contribution in [0.2, 0.25) is 0 Å². The van der Waals surface area contributed by atoms with Gasteiger partial charge in [0.15, 0.2) is 0 Å². The summed E-state index contributed by atoms with van der Waals surface area (Å²) in [5.41, 5.74) is 1.46. The fraction of sp³-hybridized carbons (Fsp3) is 0.739. The molecule has 2 aromatic rings. The van der Waals surface area contributed by atoms with Crippen LogP contribution in [0, 0.1) is 0 Å². The zero-order chi connectivity index (χ0) is 39.6. The lowest BCUT2D eigenvalue weighted by atomic mass is 10.0. The van der Waals surface area contributed by atoms with Gasteiger partial charge in [0.2, 0.25) is 0 Å².